The van der Waals surface area contributed by atoms with E-state index in [1.54, 1.807) is 12.3 Å². The number of thiazole rings is 1. The van der Waals surface area contributed by atoms with Crippen LogP contribution in [0.25, 0.3) is 0 Å². The molecule has 0 saturated carbocycles. The number of nitrogens with zero attached hydrogens (tertiary/aromatic N) is 2. The van der Waals surface area contributed by atoms with Crippen molar-refractivity contribution >= 4 is 22.7 Å². The number of ether oxygens (including phenoxy) is 1. The number of rotatable bonds is 7. The number of hydrogen-bond acceptors (Lipinski definition) is 5. The number of halogens is 1. The summed E-state index contributed by atoms with van der Waals surface area (Å²) >= 11 is 1.47. The van der Waals surface area contributed by atoms with Crippen molar-refractivity contribution < 1.29 is 9.13 Å². The number of anilines is 1. The van der Waals surface area contributed by atoms with Gasteiger partial charge in [0.05, 0.1) is 18.5 Å². The van der Waals surface area contributed by atoms with E-state index in [0.29, 0.717) is 29.5 Å². The van der Waals surface area contributed by atoms with E-state index < -0.39 is 0 Å². The molecular formula is C15H18FN3OS. The van der Waals surface area contributed by atoms with Gasteiger partial charge in [0.15, 0.2) is 0 Å². The average molecular weight is 307 g/mol. The van der Waals surface area contributed by atoms with Crippen LogP contribution < -0.4 is 5.43 Å². The summed E-state index contributed by atoms with van der Waals surface area (Å²) in [4.78, 5) is 4.22. The van der Waals surface area contributed by atoms with E-state index in [1.807, 2.05) is 25.3 Å². The van der Waals surface area contributed by atoms with Crippen molar-refractivity contribution in [3.63, 3.8) is 0 Å². The van der Waals surface area contributed by atoms with Crippen LogP contribution in [-0.4, -0.2) is 17.8 Å². The molecule has 0 aliphatic rings. The number of aromatic nitrogens is 1. The summed E-state index contributed by atoms with van der Waals surface area (Å²) < 4.78 is 19.2. The first kappa shape index (κ1) is 15.6. The lowest BCUT2D eigenvalue weighted by Gasteiger charge is -2.05. The van der Waals surface area contributed by atoms with E-state index in [9.17, 15) is 4.39 Å². The zero-order chi connectivity index (χ0) is 15.1. The molecule has 2 rings (SSSR count). The molecule has 21 heavy (non-hydrogen) atoms. The maximum Gasteiger partial charge on any atom is 0.203 e. The van der Waals surface area contributed by atoms with Gasteiger partial charge in [-0.05, 0) is 25.0 Å². The van der Waals surface area contributed by atoms with Gasteiger partial charge in [-0.3, -0.25) is 5.43 Å². The Balaban J connectivity index is 1.93. The van der Waals surface area contributed by atoms with Crippen molar-refractivity contribution in [2.75, 3.05) is 12.0 Å². The largest absolute Gasteiger partial charge is 0.377 e. The smallest absolute Gasteiger partial charge is 0.203 e. The Kier molecular flexibility index (Phi) is 5.83. The molecular weight excluding hydrogens is 289 g/mol. The molecule has 0 spiro atoms. The fourth-order valence-electron chi connectivity index (χ4n) is 1.65. The lowest BCUT2D eigenvalue weighted by Crippen LogP contribution is -1.98. The standard InChI is InChI=1S/C15H18FN3OS/c1-3-6-20-9-13-5-4-12(7-14(13)16)8-17-19-15-18-11(2)10-21-15/h4-5,7-8,10H,3,6,9H2,1-2H3,(H,18,19). The van der Waals surface area contributed by atoms with Crippen LogP contribution in [0.1, 0.15) is 30.2 Å². The monoisotopic (exact) mass is 307 g/mol. The molecule has 0 saturated heterocycles. The second-order valence-corrected chi connectivity index (χ2v) is 5.43. The summed E-state index contributed by atoms with van der Waals surface area (Å²) in [5.41, 5.74) is 5.01. The normalized spacial score (nSPS) is 11.2. The van der Waals surface area contributed by atoms with Crippen molar-refractivity contribution in [2.45, 2.75) is 26.9 Å². The van der Waals surface area contributed by atoms with Crippen molar-refractivity contribution in [2.24, 2.45) is 5.10 Å². The quantitative estimate of drug-likeness (QED) is 0.478. The third-order valence-electron chi connectivity index (χ3n) is 2.68. The van der Waals surface area contributed by atoms with E-state index in [1.165, 1.54) is 17.4 Å². The highest BCUT2D eigenvalue weighted by atomic mass is 32.1. The predicted octanol–water partition coefficient (Wildman–Crippen LogP) is 3.96. The van der Waals surface area contributed by atoms with Crippen molar-refractivity contribution in [1.82, 2.24) is 4.98 Å². The molecule has 6 heteroatoms. The van der Waals surface area contributed by atoms with Crippen LogP contribution in [0.3, 0.4) is 0 Å². The van der Waals surface area contributed by atoms with Gasteiger partial charge in [-0.1, -0.05) is 19.1 Å². The molecule has 1 aromatic heterocycles. The Morgan fingerprint density at radius 3 is 3.00 bits per heavy atom. The SMILES string of the molecule is CCCOCc1ccc(C=NNc2nc(C)cs2)cc1F. The molecule has 0 amide bonds. The Morgan fingerprint density at radius 1 is 1.48 bits per heavy atom. The first-order valence-corrected chi connectivity index (χ1v) is 7.64. The third-order valence-corrected chi connectivity index (χ3v) is 3.54. The molecule has 4 nitrogen and oxygen atoms in total. The van der Waals surface area contributed by atoms with Crippen molar-refractivity contribution in [3.05, 3.63) is 46.2 Å². The maximum atomic E-state index is 13.9. The molecule has 112 valence electrons. The molecule has 1 N–H and O–H groups in total. The molecule has 0 aliphatic heterocycles. The first-order chi connectivity index (χ1) is 10.2. The topological polar surface area (TPSA) is 46.5 Å². The minimum atomic E-state index is -0.278. The summed E-state index contributed by atoms with van der Waals surface area (Å²) in [6, 6.07) is 4.98. The highest BCUT2D eigenvalue weighted by Gasteiger charge is 2.03. The second kappa shape index (κ2) is 7.85. The highest BCUT2D eigenvalue weighted by molar-refractivity contribution is 7.13. The minimum absolute atomic E-state index is 0.278. The lowest BCUT2D eigenvalue weighted by molar-refractivity contribution is 0.119. The van der Waals surface area contributed by atoms with Gasteiger partial charge in [0.25, 0.3) is 0 Å². The molecule has 0 bridgehead atoms. The average Bonchev–Trinajstić information content (AvgIpc) is 2.87. The van der Waals surface area contributed by atoms with Gasteiger partial charge in [0, 0.05) is 17.6 Å². The van der Waals surface area contributed by atoms with Crippen LogP contribution in [0.5, 0.6) is 0 Å². The summed E-state index contributed by atoms with van der Waals surface area (Å²) in [6.07, 6.45) is 2.49. The van der Waals surface area contributed by atoms with Crippen LogP contribution in [-0.2, 0) is 11.3 Å². The summed E-state index contributed by atoms with van der Waals surface area (Å²) in [5.74, 6) is -0.278. The van der Waals surface area contributed by atoms with Gasteiger partial charge in [-0.25, -0.2) is 9.37 Å². The van der Waals surface area contributed by atoms with Crippen molar-refractivity contribution in [3.8, 4) is 0 Å². The fourth-order valence-corrected chi connectivity index (χ4v) is 2.29. The van der Waals surface area contributed by atoms with Crippen LogP contribution in [0.15, 0.2) is 28.7 Å². The number of hydrogen-bond donors (Lipinski definition) is 1. The number of aryl methyl sites for hydroxylation is 1. The number of hydrazone groups is 1. The predicted molar refractivity (Wildman–Crippen MR) is 84.4 cm³/mol. The fraction of sp³-hybridized carbons (Fsp3) is 0.333. The summed E-state index contributed by atoms with van der Waals surface area (Å²) in [7, 11) is 0. The molecule has 0 radical (unpaired) electrons. The lowest BCUT2D eigenvalue weighted by atomic mass is 10.1. The third kappa shape index (κ3) is 4.91. The van der Waals surface area contributed by atoms with E-state index in [-0.39, 0.29) is 5.82 Å². The van der Waals surface area contributed by atoms with Crippen LogP contribution >= 0.6 is 11.3 Å². The molecule has 0 atom stereocenters. The molecule has 0 fully saturated rings. The molecule has 1 heterocycles. The molecule has 2 aromatic rings. The van der Waals surface area contributed by atoms with Gasteiger partial charge in [-0.15, -0.1) is 11.3 Å². The maximum absolute atomic E-state index is 13.9. The van der Waals surface area contributed by atoms with Crippen molar-refractivity contribution in [1.29, 1.82) is 0 Å². The Labute approximate surface area is 127 Å². The Morgan fingerprint density at radius 2 is 2.33 bits per heavy atom. The van der Waals surface area contributed by atoms with E-state index in [4.69, 9.17) is 4.74 Å². The highest BCUT2D eigenvalue weighted by Crippen LogP contribution is 2.14. The van der Waals surface area contributed by atoms with Crippen LogP contribution in [0.4, 0.5) is 9.52 Å². The molecule has 0 unspecified atom stereocenters. The van der Waals surface area contributed by atoms with Gasteiger partial charge in [0.1, 0.15) is 5.82 Å². The molecule has 0 aliphatic carbocycles. The van der Waals surface area contributed by atoms with Crippen LogP contribution in [0.2, 0.25) is 0 Å². The second-order valence-electron chi connectivity index (χ2n) is 4.57. The zero-order valence-electron chi connectivity index (χ0n) is 12.1. The Hall–Kier alpha value is -1.79. The first-order valence-electron chi connectivity index (χ1n) is 6.76. The number of nitrogens with one attached hydrogen (secondary N) is 1. The minimum Gasteiger partial charge on any atom is -0.377 e. The van der Waals surface area contributed by atoms with Gasteiger partial charge in [0.2, 0.25) is 5.13 Å². The van der Waals surface area contributed by atoms with Gasteiger partial charge >= 0.3 is 0 Å². The summed E-state index contributed by atoms with van der Waals surface area (Å²) in [5, 5.41) is 6.70. The zero-order valence-corrected chi connectivity index (χ0v) is 12.9. The van der Waals surface area contributed by atoms with E-state index in [0.717, 1.165) is 12.1 Å². The van der Waals surface area contributed by atoms with Gasteiger partial charge < -0.3 is 4.74 Å². The summed E-state index contributed by atoms with van der Waals surface area (Å²) in [6.45, 7) is 4.88. The molecule has 1 aromatic carbocycles. The van der Waals surface area contributed by atoms with Gasteiger partial charge in [-0.2, -0.15) is 5.10 Å². The van der Waals surface area contributed by atoms with Crippen LogP contribution in [0, 0.1) is 12.7 Å². The van der Waals surface area contributed by atoms with E-state index >= 15 is 0 Å². The van der Waals surface area contributed by atoms with E-state index in [2.05, 4.69) is 15.5 Å². The number of benzene rings is 1. The Bertz CT molecular complexity index is 613.